The highest BCUT2D eigenvalue weighted by molar-refractivity contribution is 5.18. The second-order valence-electron chi connectivity index (χ2n) is 4.10. The van der Waals surface area contributed by atoms with E-state index < -0.39 is 5.54 Å². The van der Waals surface area contributed by atoms with Crippen molar-refractivity contribution in [1.82, 2.24) is 14.9 Å². The molecule has 1 N–H and O–H groups in total. The lowest BCUT2D eigenvalue weighted by Gasteiger charge is -2.26. The molecule has 82 valence electrons. The van der Waals surface area contributed by atoms with Crippen LogP contribution >= 0.6 is 0 Å². The van der Waals surface area contributed by atoms with Crippen LogP contribution in [0, 0.1) is 28.6 Å². The summed E-state index contributed by atoms with van der Waals surface area (Å²) >= 11 is 0. The first kappa shape index (κ1) is 10.7. The number of imidazole rings is 1. The first-order chi connectivity index (χ1) is 7.75. The van der Waals surface area contributed by atoms with Crippen molar-refractivity contribution in [2.45, 2.75) is 24.9 Å². The minimum atomic E-state index is -0.563. The number of hydrogen-bond acceptors (Lipinski definition) is 4. The highest BCUT2D eigenvalue weighted by Crippen LogP contribution is 2.40. The van der Waals surface area contributed by atoms with E-state index in [4.69, 9.17) is 5.26 Å². The van der Waals surface area contributed by atoms with Crippen LogP contribution in [0.25, 0.3) is 0 Å². The molecular formula is C11H13N5. The van der Waals surface area contributed by atoms with Crippen LogP contribution in [-0.2, 0) is 6.54 Å². The molecule has 0 saturated heterocycles. The molecular weight excluding hydrogens is 202 g/mol. The molecule has 0 spiro atoms. The van der Waals surface area contributed by atoms with E-state index in [2.05, 4.69) is 16.4 Å². The van der Waals surface area contributed by atoms with E-state index in [1.165, 1.54) is 0 Å². The lowest BCUT2D eigenvalue weighted by atomic mass is 9.95. The Bertz CT molecular complexity index is 459. The molecule has 1 heterocycles. The van der Waals surface area contributed by atoms with E-state index in [9.17, 15) is 5.26 Å². The number of nitrogens with one attached hydrogen (secondary N) is 1. The molecule has 1 aromatic heterocycles. The van der Waals surface area contributed by atoms with Gasteiger partial charge in [0.15, 0.2) is 0 Å². The summed E-state index contributed by atoms with van der Waals surface area (Å²) in [5.74, 6) is 0.743. The van der Waals surface area contributed by atoms with Crippen molar-refractivity contribution in [1.29, 1.82) is 10.5 Å². The molecule has 1 saturated carbocycles. The van der Waals surface area contributed by atoms with E-state index in [-0.39, 0.29) is 0 Å². The first-order valence-corrected chi connectivity index (χ1v) is 5.27. The Hall–Kier alpha value is -1.85. The third-order valence-corrected chi connectivity index (χ3v) is 3.16. The maximum atomic E-state index is 9.32. The largest absolute Gasteiger partial charge is 0.320 e. The predicted octanol–water partition coefficient (Wildman–Crippen LogP) is 0.647. The molecule has 1 aromatic rings. The molecule has 5 heteroatoms. The summed E-state index contributed by atoms with van der Waals surface area (Å²) < 4.78 is 1.73. The Morgan fingerprint density at radius 3 is 2.88 bits per heavy atom. The van der Waals surface area contributed by atoms with Crippen molar-refractivity contribution in [2.24, 2.45) is 5.92 Å². The molecule has 0 amide bonds. The lowest BCUT2D eigenvalue weighted by molar-refractivity contribution is 0.339. The van der Waals surface area contributed by atoms with E-state index in [1.54, 1.807) is 24.0 Å². The molecule has 0 radical (unpaired) electrons. The Morgan fingerprint density at radius 1 is 1.62 bits per heavy atom. The van der Waals surface area contributed by atoms with E-state index >= 15 is 0 Å². The van der Waals surface area contributed by atoms with Crippen LogP contribution < -0.4 is 5.32 Å². The van der Waals surface area contributed by atoms with E-state index in [0.29, 0.717) is 18.3 Å². The summed E-state index contributed by atoms with van der Waals surface area (Å²) in [6, 6.07) is 4.37. The van der Waals surface area contributed by atoms with Gasteiger partial charge in [0.05, 0.1) is 12.6 Å². The molecule has 0 aromatic carbocycles. The fourth-order valence-electron chi connectivity index (χ4n) is 1.99. The summed E-state index contributed by atoms with van der Waals surface area (Å²) in [5.41, 5.74) is -0.563. The van der Waals surface area contributed by atoms with Gasteiger partial charge in [0, 0.05) is 12.4 Å². The maximum Gasteiger partial charge on any atom is 0.212 e. The van der Waals surface area contributed by atoms with E-state index in [1.807, 2.05) is 6.07 Å². The molecule has 2 rings (SSSR count). The number of nitriles is 2. The second kappa shape index (κ2) is 3.96. The third kappa shape index (κ3) is 1.66. The van der Waals surface area contributed by atoms with Crippen molar-refractivity contribution in [3.05, 3.63) is 18.2 Å². The van der Waals surface area contributed by atoms with Gasteiger partial charge in [-0.1, -0.05) is 0 Å². The summed E-state index contributed by atoms with van der Waals surface area (Å²) in [5, 5.41) is 21.3. The SMILES string of the molecule is CNC(C#N)(Cn1ccnc1C#N)C1CC1. The third-order valence-electron chi connectivity index (χ3n) is 3.16. The molecule has 16 heavy (non-hydrogen) atoms. The van der Waals surface area contributed by atoms with Crippen LogP contribution in [0.15, 0.2) is 12.4 Å². The predicted molar refractivity (Wildman–Crippen MR) is 57.1 cm³/mol. The zero-order chi connectivity index (χ0) is 11.6. The van der Waals surface area contributed by atoms with Gasteiger partial charge in [-0.2, -0.15) is 10.5 Å². The number of hydrogen-bond donors (Lipinski definition) is 1. The van der Waals surface area contributed by atoms with Gasteiger partial charge in [-0.3, -0.25) is 0 Å². The Balaban J connectivity index is 2.25. The average Bonchev–Trinajstić information content (AvgIpc) is 3.07. The van der Waals surface area contributed by atoms with Gasteiger partial charge in [0.2, 0.25) is 5.82 Å². The van der Waals surface area contributed by atoms with E-state index in [0.717, 1.165) is 12.8 Å². The Morgan fingerprint density at radius 2 is 2.38 bits per heavy atom. The zero-order valence-electron chi connectivity index (χ0n) is 9.14. The topological polar surface area (TPSA) is 77.4 Å². The molecule has 1 unspecified atom stereocenters. The van der Waals surface area contributed by atoms with Crippen molar-refractivity contribution < 1.29 is 0 Å². The van der Waals surface area contributed by atoms with Crippen LogP contribution in [0.4, 0.5) is 0 Å². The summed E-state index contributed by atoms with van der Waals surface area (Å²) in [6.45, 7) is 0.480. The van der Waals surface area contributed by atoms with Gasteiger partial charge < -0.3 is 9.88 Å². The minimum Gasteiger partial charge on any atom is -0.320 e. The molecule has 1 atom stereocenters. The number of nitrogens with zero attached hydrogens (tertiary/aromatic N) is 4. The average molecular weight is 215 g/mol. The fraction of sp³-hybridized carbons (Fsp3) is 0.545. The molecule has 1 aliphatic carbocycles. The van der Waals surface area contributed by atoms with Gasteiger partial charge >= 0.3 is 0 Å². The standard InChI is InChI=1S/C11H13N5/c1-14-11(7-13,9-2-3-9)8-16-5-4-15-10(16)6-12/h4-5,9,14H,2-3,8H2,1H3. The minimum absolute atomic E-state index is 0.357. The van der Waals surface area contributed by atoms with Crippen molar-refractivity contribution in [3.63, 3.8) is 0 Å². The van der Waals surface area contributed by atoms with Gasteiger partial charge in [-0.15, -0.1) is 0 Å². The summed E-state index contributed by atoms with van der Waals surface area (Å²) in [4.78, 5) is 3.93. The van der Waals surface area contributed by atoms with Crippen LogP contribution in [-0.4, -0.2) is 22.1 Å². The van der Waals surface area contributed by atoms with Gasteiger partial charge in [-0.25, -0.2) is 4.98 Å². The van der Waals surface area contributed by atoms with Crippen LogP contribution in [0.2, 0.25) is 0 Å². The second-order valence-corrected chi connectivity index (χ2v) is 4.10. The van der Waals surface area contributed by atoms with Crippen molar-refractivity contribution >= 4 is 0 Å². The van der Waals surface area contributed by atoms with Crippen molar-refractivity contribution in [2.75, 3.05) is 7.05 Å². The van der Waals surface area contributed by atoms with Crippen molar-refractivity contribution in [3.8, 4) is 12.1 Å². The van der Waals surface area contributed by atoms with Crippen LogP contribution in [0.1, 0.15) is 18.7 Å². The highest BCUT2D eigenvalue weighted by Gasteiger charge is 2.45. The van der Waals surface area contributed by atoms with Crippen LogP contribution in [0.5, 0.6) is 0 Å². The molecule has 1 aliphatic rings. The zero-order valence-corrected chi connectivity index (χ0v) is 9.14. The molecule has 0 bridgehead atoms. The Kier molecular flexibility index (Phi) is 2.64. The molecule has 1 fully saturated rings. The van der Waals surface area contributed by atoms with Gasteiger partial charge in [0.25, 0.3) is 0 Å². The number of likely N-dealkylation sites (N-methyl/N-ethyl adjacent to an activating group) is 1. The number of rotatable bonds is 4. The van der Waals surface area contributed by atoms with Gasteiger partial charge in [0.1, 0.15) is 11.6 Å². The normalized spacial score (nSPS) is 18.4. The lowest BCUT2D eigenvalue weighted by Crippen LogP contribution is -2.47. The highest BCUT2D eigenvalue weighted by atomic mass is 15.1. The molecule has 0 aliphatic heterocycles. The smallest absolute Gasteiger partial charge is 0.212 e. The summed E-state index contributed by atoms with van der Waals surface area (Å²) in [6.07, 6.45) is 5.48. The van der Waals surface area contributed by atoms with Gasteiger partial charge in [-0.05, 0) is 25.8 Å². The summed E-state index contributed by atoms with van der Waals surface area (Å²) in [7, 11) is 1.80. The molecule has 5 nitrogen and oxygen atoms in total. The number of aromatic nitrogens is 2. The fourth-order valence-corrected chi connectivity index (χ4v) is 1.99. The quantitative estimate of drug-likeness (QED) is 0.799. The monoisotopic (exact) mass is 215 g/mol. The maximum absolute atomic E-state index is 9.32. The first-order valence-electron chi connectivity index (χ1n) is 5.27. The van der Waals surface area contributed by atoms with Crippen LogP contribution in [0.3, 0.4) is 0 Å². The Labute approximate surface area is 94.3 Å².